The number of nitrogens with one attached hydrogen (secondary N) is 2. The number of halogens is 2. The summed E-state index contributed by atoms with van der Waals surface area (Å²) in [5.74, 6) is 1.19. The Kier molecular flexibility index (Phi) is 9.88. The lowest BCUT2D eigenvalue weighted by Crippen LogP contribution is -2.34. The molecule has 0 unspecified atom stereocenters. The SMILES string of the molecule is C=CCc1cc(/C=N/NC(=O)CNC(=O)c2ccc3c(c2)OCO3)cc(OCC)c1OCc1ccc(Cl)cc1Cl. The van der Waals surface area contributed by atoms with Crippen molar-refractivity contribution in [2.45, 2.75) is 20.0 Å². The van der Waals surface area contributed by atoms with Crippen LogP contribution in [0.25, 0.3) is 0 Å². The monoisotopic (exact) mass is 583 g/mol. The highest BCUT2D eigenvalue weighted by Gasteiger charge is 2.17. The summed E-state index contributed by atoms with van der Waals surface area (Å²) in [7, 11) is 0. The standard InChI is InChI=1S/C29H27Cl2N3O6/c1-3-5-19-10-18(11-26(37-4-2)28(19)38-16-21-6-8-22(30)13-23(21)31)14-33-34-27(35)15-32-29(36)20-7-9-24-25(12-20)40-17-39-24/h3,6-14H,1,4-5,15-17H2,2H3,(H,32,36)(H,34,35)/b33-14+. The summed E-state index contributed by atoms with van der Waals surface area (Å²) >= 11 is 12.3. The molecule has 0 fully saturated rings. The van der Waals surface area contributed by atoms with Crippen molar-refractivity contribution in [1.82, 2.24) is 10.7 Å². The molecule has 0 aliphatic carbocycles. The number of benzene rings is 3. The first-order valence-electron chi connectivity index (χ1n) is 12.3. The zero-order chi connectivity index (χ0) is 28.5. The molecule has 2 N–H and O–H groups in total. The lowest BCUT2D eigenvalue weighted by Gasteiger charge is -2.17. The van der Waals surface area contributed by atoms with Crippen molar-refractivity contribution >= 4 is 41.2 Å². The Balaban J connectivity index is 1.39. The molecule has 0 saturated carbocycles. The van der Waals surface area contributed by atoms with Crippen LogP contribution in [0, 0.1) is 0 Å². The molecule has 9 nitrogen and oxygen atoms in total. The lowest BCUT2D eigenvalue weighted by molar-refractivity contribution is -0.120. The fourth-order valence-electron chi connectivity index (χ4n) is 3.80. The van der Waals surface area contributed by atoms with Crippen LogP contribution < -0.4 is 29.7 Å². The average Bonchev–Trinajstić information content (AvgIpc) is 3.41. The highest BCUT2D eigenvalue weighted by molar-refractivity contribution is 6.35. The van der Waals surface area contributed by atoms with Gasteiger partial charge in [-0.2, -0.15) is 5.10 Å². The largest absolute Gasteiger partial charge is 0.490 e. The highest BCUT2D eigenvalue weighted by Crippen LogP contribution is 2.35. The summed E-state index contributed by atoms with van der Waals surface area (Å²) in [5.41, 5.74) is 5.01. The van der Waals surface area contributed by atoms with E-state index in [4.69, 9.17) is 42.1 Å². The second kappa shape index (κ2) is 13.7. The molecule has 0 saturated heterocycles. The molecule has 3 aromatic rings. The Bertz CT molecular complexity index is 1440. The Morgan fingerprint density at radius 3 is 2.65 bits per heavy atom. The van der Waals surface area contributed by atoms with Crippen LogP contribution in [0.2, 0.25) is 10.0 Å². The number of allylic oxidation sites excluding steroid dienone is 1. The van der Waals surface area contributed by atoms with Crippen LogP contribution >= 0.6 is 23.2 Å². The van der Waals surface area contributed by atoms with Gasteiger partial charge in [-0.1, -0.05) is 35.3 Å². The van der Waals surface area contributed by atoms with E-state index in [9.17, 15) is 9.59 Å². The molecule has 1 aliphatic rings. The van der Waals surface area contributed by atoms with E-state index in [1.807, 2.05) is 13.0 Å². The van der Waals surface area contributed by atoms with E-state index in [1.54, 1.807) is 48.5 Å². The topological polar surface area (TPSA) is 107 Å². The van der Waals surface area contributed by atoms with Crippen molar-refractivity contribution in [3.63, 3.8) is 0 Å². The summed E-state index contributed by atoms with van der Waals surface area (Å²) in [6, 6.07) is 13.6. The van der Waals surface area contributed by atoms with E-state index in [-0.39, 0.29) is 19.9 Å². The lowest BCUT2D eigenvalue weighted by atomic mass is 10.1. The van der Waals surface area contributed by atoms with Gasteiger partial charge in [0.2, 0.25) is 6.79 Å². The minimum atomic E-state index is -0.499. The molecular formula is C29H27Cl2N3O6. The normalized spacial score (nSPS) is 11.8. The molecule has 0 bridgehead atoms. The molecule has 0 spiro atoms. The molecule has 1 heterocycles. The number of carbonyl (C=O) groups is 2. The van der Waals surface area contributed by atoms with Gasteiger partial charge in [0.25, 0.3) is 11.8 Å². The van der Waals surface area contributed by atoms with E-state index < -0.39 is 11.8 Å². The minimum absolute atomic E-state index is 0.107. The van der Waals surface area contributed by atoms with Gasteiger partial charge in [-0.3, -0.25) is 9.59 Å². The van der Waals surface area contributed by atoms with Crippen molar-refractivity contribution in [3.8, 4) is 23.0 Å². The Labute approximate surface area is 241 Å². The van der Waals surface area contributed by atoms with Crippen molar-refractivity contribution in [1.29, 1.82) is 0 Å². The van der Waals surface area contributed by atoms with E-state index in [0.717, 1.165) is 11.1 Å². The quantitative estimate of drug-likeness (QED) is 0.170. The van der Waals surface area contributed by atoms with Crippen molar-refractivity contribution < 1.29 is 28.5 Å². The molecule has 2 amide bonds. The first kappa shape index (κ1) is 28.8. The third-order valence-electron chi connectivity index (χ3n) is 5.65. The molecule has 0 aromatic heterocycles. The van der Waals surface area contributed by atoms with Crippen LogP contribution in [-0.4, -0.2) is 38.0 Å². The van der Waals surface area contributed by atoms with Crippen molar-refractivity contribution in [2.24, 2.45) is 5.10 Å². The van der Waals surface area contributed by atoms with Gasteiger partial charge in [0.1, 0.15) is 6.61 Å². The third-order valence-corrected chi connectivity index (χ3v) is 6.24. The average molecular weight is 584 g/mol. The Morgan fingerprint density at radius 2 is 1.88 bits per heavy atom. The number of amides is 2. The molecule has 3 aromatic carbocycles. The van der Waals surface area contributed by atoms with Gasteiger partial charge in [0.05, 0.1) is 19.4 Å². The maximum atomic E-state index is 12.4. The number of hydrogen-bond acceptors (Lipinski definition) is 7. The van der Waals surface area contributed by atoms with Gasteiger partial charge >= 0.3 is 0 Å². The van der Waals surface area contributed by atoms with Gasteiger partial charge < -0.3 is 24.3 Å². The molecule has 0 atom stereocenters. The molecular weight excluding hydrogens is 557 g/mol. The number of rotatable bonds is 12. The molecule has 208 valence electrons. The first-order valence-corrected chi connectivity index (χ1v) is 13.1. The number of hydrazone groups is 1. The fourth-order valence-corrected chi connectivity index (χ4v) is 4.26. The second-order valence-corrected chi connectivity index (χ2v) is 9.35. The number of ether oxygens (including phenoxy) is 4. The predicted octanol–water partition coefficient (Wildman–Crippen LogP) is 5.31. The summed E-state index contributed by atoms with van der Waals surface area (Å²) in [6.07, 6.45) is 3.73. The number of fused-ring (bicyclic) bond motifs is 1. The summed E-state index contributed by atoms with van der Waals surface area (Å²) < 4.78 is 22.5. The molecule has 4 rings (SSSR count). The molecule has 11 heteroatoms. The first-order chi connectivity index (χ1) is 19.4. The third kappa shape index (κ3) is 7.46. The molecule has 40 heavy (non-hydrogen) atoms. The fraction of sp³-hybridized carbons (Fsp3) is 0.207. The van der Waals surface area contributed by atoms with E-state index in [1.165, 1.54) is 6.21 Å². The van der Waals surface area contributed by atoms with Crippen molar-refractivity contribution in [2.75, 3.05) is 19.9 Å². The van der Waals surface area contributed by atoms with Crippen molar-refractivity contribution in [3.05, 3.63) is 93.5 Å². The maximum absolute atomic E-state index is 12.4. The Morgan fingerprint density at radius 1 is 1.05 bits per heavy atom. The zero-order valence-electron chi connectivity index (χ0n) is 21.7. The van der Waals surface area contributed by atoms with E-state index in [2.05, 4.69) is 22.4 Å². The minimum Gasteiger partial charge on any atom is -0.490 e. The number of carbonyl (C=O) groups excluding carboxylic acids is 2. The van der Waals surface area contributed by atoms with Crippen LogP contribution in [0.1, 0.15) is 34.0 Å². The van der Waals surface area contributed by atoms with Gasteiger partial charge in [0.15, 0.2) is 23.0 Å². The van der Waals surface area contributed by atoms with Crippen LogP contribution in [0.3, 0.4) is 0 Å². The molecule has 1 aliphatic heterocycles. The highest BCUT2D eigenvalue weighted by atomic mass is 35.5. The summed E-state index contributed by atoms with van der Waals surface area (Å²) in [5, 5.41) is 7.61. The zero-order valence-corrected chi connectivity index (χ0v) is 23.2. The van der Waals surface area contributed by atoms with Gasteiger partial charge in [0, 0.05) is 26.7 Å². The maximum Gasteiger partial charge on any atom is 0.259 e. The number of nitrogens with zero attached hydrogens (tertiary/aromatic N) is 1. The van der Waals surface area contributed by atoms with Gasteiger partial charge in [-0.15, -0.1) is 6.58 Å². The van der Waals surface area contributed by atoms with Crippen LogP contribution in [-0.2, 0) is 17.8 Å². The smallest absolute Gasteiger partial charge is 0.259 e. The van der Waals surface area contributed by atoms with E-state index >= 15 is 0 Å². The van der Waals surface area contributed by atoms with Gasteiger partial charge in [-0.05, 0) is 61.4 Å². The van der Waals surface area contributed by atoms with Gasteiger partial charge in [-0.25, -0.2) is 5.43 Å². The number of hydrogen-bond donors (Lipinski definition) is 2. The second-order valence-electron chi connectivity index (χ2n) is 8.50. The Hall–Kier alpha value is -4.21. The van der Waals surface area contributed by atoms with Crippen LogP contribution in [0.5, 0.6) is 23.0 Å². The van der Waals surface area contributed by atoms with Crippen LogP contribution in [0.4, 0.5) is 0 Å². The predicted molar refractivity (Wildman–Crippen MR) is 153 cm³/mol. The summed E-state index contributed by atoms with van der Waals surface area (Å²) in [4.78, 5) is 24.6. The molecule has 0 radical (unpaired) electrons. The van der Waals surface area contributed by atoms with E-state index in [0.29, 0.717) is 57.2 Å². The van der Waals surface area contributed by atoms with Crippen LogP contribution in [0.15, 0.2) is 66.3 Å². The summed E-state index contributed by atoms with van der Waals surface area (Å²) in [6.45, 7) is 6.16.